The van der Waals surface area contributed by atoms with E-state index in [2.05, 4.69) is 32.9 Å². The summed E-state index contributed by atoms with van der Waals surface area (Å²) >= 11 is 2.34. The Kier molecular flexibility index (Phi) is 5.17. The van der Waals surface area contributed by atoms with Crippen LogP contribution in [0.5, 0.6) is 5.75 Å². The van der Waals surface area contributed by atoms with Gasteiger partial charge in [0.25, 0.3) is 0 Å². The molecule has 1 N–H and O–H groups in total. The number of aryl methyl sites for hydroxylation is 1. The quantitative estimate of drug-likeness (QED) is 0.513. The fourth-order valence-corrected chi connectivity index (χ4v) is 1.58. The lowest BCUT2D eigenvalue weighted by Crippen LogP contribution is -2.16. The van der Waals surface area contributed by atoms with Crippen molar-refractivity contribution < 1.29 is 4.74 Å². The lowest BCUT2D eigenvalue weighted by Gasteiger charge is -2.06. The molecule has 0 amide bonds. The molecule has 1 aromatic rings. The molecular weight excluding hydrogens is 291 g/mol. The van der Waals surface area contributed by atoms with E-state index < -0.39 is 0 Å². The van der Waals surface area contributed by atoms with E-state index in [-0.39, 0.29) is 0 Å². The highest BCUT2D eigenvalue weighted by atomic mass is 127. The normalized spacial score (nSPS) is 10.2. The van der Waals surface area contributed by atoms with Gasteiger partial charge in [-0.1, -0.05) is 22.6 Å². The minimum Gasteiger partial charge on any atom is -0.497 e. The summed E-state index contributed by atoms with van der Waals surface area (Å²) < 4.78 is 6.28. The van der Waals surface area contributed by atoms with Gasteiger partial charge in [-0.25, -0.2) is 0 Å². The van der Waals surface area contributed by atoms with Crippen molar-refractivity contribution in [2.75, 3.05) is 18.1 Å². The number of nitrogens with one attached hydrogen (secondary N) is 1. The van der Waals surface area contributed by atoms with E-state index in [0.717, 1.165) is 34.7 Å². The number of hydrogen-bond acceptors (Lipinski definition) is 3. The highest BCUT2D eigenvalue weighted by Gasteiger charge is 1.99. The van der Waals surface area contributed by atoms with Crippen molar-refractivity contribution in [1.82, 2.24) is 10.3 Å². The van der Waals surface area contributed by atoms with Crippen LogP contribution in [0.3, 0.4) is 0 Å². The number of aromatic nitrogens is 1. The fraction of sp³-hybridized carbons (Fsp3) is 0.500. The Bertz CT molecular complexity index is 291. The van der Waals surface area contributed by atoms with Crippen LogP contribution in [0.15, 0.2) is 12.1 Å². The molecule has 0 saturated heterocycles. The minimum atomic E-state index is 0.807. The van der Waals surface area contributed by atoms with Crippen LogP contribution in [-0.2, 0) is 6.54 Å². The van der Waals surface area contributed by atoms with E-state index in [0.29, 0.717) is 0 Å². The van der Waals surface area contributed by atoms with Gasteiger partial charge in [0.05, 0.1) is 12.8 Å². The van der Waals surface area contributed by atoms with Gasteiger partial charge in [0.15, 0.2) is 0 Å². The van der Waals surface area contributed by atoms with Gasteiger partial charge in [0, 0.05) is 35.3 Å². The summed E-state index contributed by atoms with van der Waals surface area (Å²) in [5.41, 5.74) is 2.03. The molecule has 0 unspecified atom stereocenters. The number of hydrogen-bond donors (Lipinski definition) is 1. The number of halogens is 1. The van der Waals surface area contributed by atoms with Crippen LogP contribution < -0.4 is 10.1 Å². The third-order valence-corrected chi connectivity index (χ3v) is 2.33. The van der Waals surface area contributed by atoms with Crippen LogP contribution >= 0.6 is 22.6 Å². The first-order valence-electron chi connectivity index (χ1n) is 4.54. The molecule has 0 atom stereocenters. The summed E-state index contributed by atoms with van der Waals surface area (Å²) in [7, 11) is 1.68. The number of pyridine rings is 1. The van der Waals surface area contributed by atoms with Crippen LogP contribution in [0.2, 0.25) is 0 Å². The average molecular weight is 306 g/mol. The van der Waals surface area contributed by atoms with Gasteiger partial charge in [-0.15, -0.1) is 0 Å². The first-order chi connectivity index (χ1) is 6.76. The summed E-state index contributed by atoms with van der Waals surface area (Å²) in [6.45, 7) is 3.80. The molecule has 0 fully saturated rings. The second kappa shape index (κ2) is 6.19. The van der Waals surface area contributed by atoms with Crippen molar-refractivity contribution in [3.05, 3.63) is 23.5 Å². The first kappa shape index (κ1) is 11.7. The Labute approximate surface area is 98.4 Å². The lowest BCUT2D eigenvalue weighted by molar-refractivity contribution is 0.412. The molecule has 3 nitrogen and oxygen atoms in total. The van der Waals surface area contributed by atoms with E-state index in [1.807, 2.05) is 19.1 Å². The van der Waals surface area contributed by atoms with E-state index in [1.165, 1.54) is 0 Å². The predicted octanol–water partition coefficient (Wildman–Crippen LogP) is 1.92. The lowest BCUT2D eigenvalue weighted by atomic mass is 10.3. The third kappa shape index (κ3) is 3.79. The molecule has 1 rings (SSSR count). The predicted molar refractivity (Wildman–Crippen MR) is 66.1 cm³/mol. The minimum absolute atomic E-state index is 0.807. The topological polar surface area (TPSA) is 34.1 Å². The van der Waals surface area contributed by atoms with Crippen LogP contribution in [0.1, 0.15) is 11.4 Å². The van der Waals surface area contributed by atoms with Gasteiger partial charge >= 0.3 is 0 Å². The molecule has 14 heavy (non-hydrogen) atoms. The Balaban J connectivity index is 2.62. The fourth-order valence-electron chi connectivity index (χ4n) is 1.19. The maximum Gasteiger partial charge on any atom is 0.122 e. The molecule has 0 aromatic carbocycles. The number of methoxy groups -OCH3 is 1. The van der Waals surface area contributed by atoms with Crippen LogP contribution in [0.25, 0.3) is 0 Å². The molecule has 0 aliphatic carbocycles. The maximum atomic E-state index is 5.17. The summed E-state index contributed by atoms with van der Waals surface area (Å²) in [5.74, 6) is 0.878. The summed E-state index contributed by atoms with van der Waals surface area (Å²) in [6.07, 6.45) is 0. The summed E-state index contributed by atoms with van der Waals surface area (Å²) in [6, 6.07) is 3.90. The number of alkyl halides is 1. The Morgan fingerprint density at radius 2 is 2.29 bits per heavy atom. The van der Waals surface area contributed by atoms with Gasteiger partial charge < -0.3 is 10.1 Å². The van der Waals surface area contributed by atoms with Gasteiger partial charge in [-0.05, 0) is 6.92 Å². The molecule has 0 aliphatic heterocycles. The zero-order chi connectivity index (χ0) is 10.4. The molecular formula is C10H15IN2O. The molecule has 0 spiro atoms. The van der Waals surface area contributed by atoms with Gasteiger partial charge in [0.1, 0.15) is 5.75 Å². The molecule has 78 valence electrons. The van der Waals surface area contributed by atoms with Crippen LogP contribution in [-0.4, -0.2) is 23.1 Å². The smallest absolute Gasteiger partial charge is 0.122 e. The Morgan fingerprint density at radius 3 is 2.93 bits per heavy atom. The van der Waals surface area contributed by atoms with Crippen molar-refractivity contribution in [2.24, 2.45) is 0 Å². The van der Waals surface area contributed by atoms with Gasteiger partial charge in [-0.2, -0.15) is 0 Å². The Morgan fingerprint density at radius 1 is 1.50 bits per heavy atom. The highest BCUT2D eigenvalue weighted by molar-refractivity contribution is 14.1. The zero-order valence-corrected chi connectivity index (χ0v) is 10.7. The highest BCUT2D eigenvalue weighted by Crippen LogP contribution is 2.12. The van der Waals surface area contributed by atoms with Crippen molar-refractivity contribution >= 4 is 22.6 Å². The van der Waals surface area contributed by atoms with Crippen molar-refractivity contribution in [2.45, 2.75) is 13.5 Å². The van der Waals surface area contributed by atoms with Crippen molar-refractivity contribution in [1.29, 1.82) is 0 Å². The Hall–Kier alpha value is -0.360. The molecule has 0 aliphatic rings. The standard InChI is InChI=1S/C10H15IN2O/c1-8-5-10(14-2)6-9(13-8)7-12-4-3-11/h5-6,12H,3-4,7H2,1-2H3. The molecule has 0 bridgehead atoms. The molecule has 0 saturated carbocycles. The third-order valence-electron chi connectivity index (χ3n) is 1.79. The first-order valence-corrected chi connectivity index (χ1v) is 6.07. The molecule has 1 aromatic heterocycles. The van der Waals surface area contributed by atoms with E-state index in [4.69, 9.17) is 4.74 Å². The second-order valence-corrected chi connectivity index (χ2v) is 4.08. The largest absolute Gasteiger partial charge is 0.497 e. The van der Waals surface area contributed by atoms with Crippen LogP contribution in [0.4, 0.5) is 0 Å². The summed E-state index contributed by atoms with van der Waals surface area (Å²) in [4.78, 5) is 4.41. The molecule has 4 heteroatoms. The van der Waals surface area contributed by atoms with Crippen LogP contribution in [0, 0.1) is 6.92 Å². The van der Waals surface area contributed by atoms with Crippen molar-refractivity contribution in [3.8, 4) is 5.75 Å². The van der Waals surface area contributed by atoms with E-state index in [1.54, 1.807) is 7.11 Å². The maximum absolute atomic E-state index is 5.17. The SMILES string of the molecule is COc1cc(C)nc(CNCCI)c1. The van der Waals surface area contributed by atoms with E-state index >= 15 is 0 Å². The molecule has 1 heterocycles. The van der Waals surface area contributed by atoms with Gasteiger partial charge in [0.2, 0.25) is 0 Å². The number of ether oxygens (including phenoxy) is 1. The van der Waals surface area contributed by atoms with Gasteiger partial charge in [-0.3, -0.25) is 4.98 Å². The molecule has 0 radical (unpaired) electrons. The second-order valence-electron chi connectivity index (χ2n) is 3.01. The number of rotatable bonds is 5. The number of nitrogens with zero attached hydrogens (tertiary/aromatic N) is 1. The van der Waals surface area contributed by atoms with E-state index in [9.17, 15) is 0 Å². The summed E-state index contributed by atoms with van der Waals surface area (Å²) in [5, 5.41) is 3.30. The average Bonchev–Trinajstić information content (AvgIpc) is 2.17. The monoisotopic (exact) mass is 306 g/mol. The van der Waals surface area contributed by atoms with Crippen molar-refractivity contribution in [3.63, 3.8) is 0 Å². The zero-order valence-electron chi connectivity index (χ0n) is 8.51.